The van der Waals surface area contributed by atoms with E-state index in [0.29, 0.717) is 0 Å². The number of rotatable bonds is 8. The number of benzene rings is 1. The van der Waals surface area contributed by atoms with Crippen LogP contribution < -0.4 is 5.32 Å². The van der Waals surface area contributed by atoms with Gasteiger partial charge in [0, 0.05) is 37.1 Å². The van der Waals surface area contributed by atoms with Gasteiger partial charge in [0.1, 0.15) is 0 Å². The molecule has 21 heavy (non-hydrogen) atoms. The zero-order chi connectivity index (χ0) is 15.1. The molecule has 0 aliphatic carbocycles. The number of hydrogen-bond acceptors (Lipinski definition) is 4. The first-order valence-corrected chi connectivity index (χ1v) is 7.16. The van der Waals surface area contributed by atoms with Gasteiger partial charge in [0.25, 0.3) is 5.69 Å². The summed E-state index contributed by atoms with van der Waals surface area (Å²) in [5.41, 5.74) is 1.11. The molecule has 112 valence electrons. The van der Waals surface area contributed by atoms with Gasteiger partial charge < -0.3 is 5.32 Å². The molecule has 0 spiro atoms. The first kappa shape index (κ1) is 15.2. The predicted molar refractivity (Wildman–Crippen MR) is 81.0 cm³/mol. The molecule has 1 atom stereocenters. The highest BCUT2D eigenvalue weighted by atomic mass is 16.6. The minimum absolute atomic E-state index is 0.141. The van der Waals surface area contributed by atoms with E-state index in [1.807, 2.05) is 23.0 Å². The van der Waals surface area contributed by atoms with E-state index in [1.54, 1.807) is 18.3 Å². The van der Waals surface area contributed by atoms with Crippen molar-refractivity contribution in [2.75, 3.05) is 6.54 Å². The lowest BCUT2D eigenvalue weighted by atomic mass is 10.0. The Morgan fingerprint density at radius 2 is 2.29 bits per heavy atom. The number of aryl methyl sites for hydroxylation is 1. The third kappa shape index (κ3) is 4.39. The summed E-state index contributed by atoms with van der Waals surface area (Å²) in [5, 5.41) is 18.4. The van der Waals surface area contributed by atoms with Crippen LogP contribution in [-0.4, -0.2) is 21.2 Å². The van der Waals surface area contributed by atoms with Gasteiger partial charge in [-0.25, -0.2) is 0 Å². The third-order valence-electron chi connectivity index (χ3n) is 3.41. The van der Waals surface area contributed by atoms with Gasteiger partial charge in [0.15, 0.2) is 0 Å². The molecule has 1 aromatic heterocycles. The van der Waals surface area contributed by atoms with Gasteiger partial charge in [-0.05, 0) is 31.0 Å². The average Bonchev–Trinajstić information content (AvgIpc) is 3.01. The molecular weight excluding hydrogens is 268 g/mol. The van der Waals surface area contributed by atoms with Crippen LogP contribution in [0.3, 0.4) is 0 Å². The second-order valence-corrected chi connectivity index (χ2v) is 4.89. The standard InChI is InChI=1S/C15H20N4O2/c1-2-15(13-6-3-7-14(12-13)19(20)21)16-8-4-10-18-11-5-9-17-18/h3,5-7,9,11-12,15-16H,2,4,8,10H2,1H3. The average molecular weight is 288 g/mol. The molecule has 1 unspecified atom stereocenters. The largest absolute Gasteiger partial charge is 0.310 e. The summed E-state index contributed by atoms with van der Waals surface area (Å²) in [6, 6.07) is 8.89. The molecule has 2 rings (SSSR count). The maximum atomic E-state index is 10.8. The van der Waals surface area contributed by atoms with Crippen molar-refractivity contribution >= 4 is 5.69 Å². The molecule has 0 radical (unpaired) electrons. The number of hydrogen-bond donors (Lipinski definition) is 1. The van der Waals surface area contributed by atoms with Crippen LogP contribution in [0, 0.1) is 10.1 Å². The van der Waals surface area contributed by atoms with E-state index in [9.17, 15) is 10.1 Å². The summed E-state index contributed by atoms with van der Waals surface area (Å²) in [7, 11) is 0. The Morgan fingerprint density at radius 3 is 2.95 bits per heavy atom. The Kier molecular flexibility index (Phi) is 5.45. The fourth-order valence-corrected chi connectivity index (χ4v) is 2.30. The van der Waals surface area contributed by atoms with Gasteiger partial charge in [-0.3, -0.25) is 14.8 Å². The number of non-ortho nitro benzene ring substituents is 1. The van der Waals surface area contributed by atoms with E-state index < -0.39 is 0 Å². The van der Waals surface area contributed by atoms with E-state index in [0.717, 1.165) is 31.5 Å². The number of aromatic nitrogens is 2. The van der Waals surface area contributed by atoms with E-state index in [-0.39, 0.29) is 16.7 Å². The molecule has 0 aliphatic rings. The first-order chi connectivity index (χ1) is 10.2. The van der Waals surface area contributed by atoms with E-state index in [4.69, 9.17) is 0 Å². The van der Waals surface area contributed by atoms with Crippen molar-refractivity contribution in [3.05, 3.63) is 58.4 Å². The Morgan fingerprint density at radius 1 is 1.43 bits per heavy atom. The Balaban J connectivity index is 1.87. The van der Waals surface area contributed by atoms with Crippen LogP contribution in [0.25, 0.3) is 0 Å². The van der Waals surface area contributed by atoms with Crippen molar-refractivity contribution < 1.29 is 4.92 Å². The highest BCUT2D eigenvalue weighted by Gasteiger charge is 2.12. The molecule has 0 bridgehead atoms. The molecule has 0 fully saturated rings. The predicted octanol–water partition coefficient (Wildman–Crippen LogP) is 2.92. The second-order valence-electron chi connectivity index (χ2n) is 4.89. The number of nitro benzene ring substituents is 1. The molecule has 6 heteroatoms. The second kappa shape index (κ2) is 7.54. The van der Waals surface area contributed by atoms with E-state index >= 15 is 0 Å². The highest BCUT2D eigenvalue weighted by Crippen LogP contribution is 2.21. The smallest absolute Gasteiger partial charge is 0.269 e. The topological polar surface area (TPSA) is 73.0 Å². The molecule has 0 aliphatic heterocycles. The van der Waals surface area contributed by atoms with Gasteiger partial charge >= 0.3 is 0 Å². The van der Waals surface area contributed by atoms with E-state index in [1.165, 1.54) is 6.07 Å². The van der Waals surface area contributed by atoms with Crippen LogP contribution in [0.4, 0.5) is 5.69 Å². The lowest BCUT2D eigenvalue weighted by molar-refractivity contribution is -0.384. The van der Waals surface area contributed by atoms with Gasteiger partial charge in [-0.2, -0.15) is 5.10 Å². The molecule has 2 aromatic rings. The lowest BCUT2D eigenvalue weighted by Crippen LogP contribution is -2.23. The summed E-state index contributed by atoms with van der Waals surface area (Å²) in [4.78, 5) is 10.5. The van der Waals surface area contributed by atoms with Crippen LogP contribution in [0.5, 0.6) is 0 Å². The van der Waals surface area contributed by atoms with Crippen LogP contribution >= 0.6 is 0 Å². The maximum absolute atomic E-state index is 10.8. The summed E-state index contributed by atoms with van der Waals surface area (Å²) in [6.45, 7) is 3.79. The molecule has 1 heterocycles. The zero-order valence-corrected chi connectivity index (χ0v) is 12.1. The Hall–Kier alpha value is -2.21. The van der Waals surface area contributed by atoms with Gasteiger partial charge in [0.05, 0.1) is 4.92 Å². The van der Waals surface area contributed by atoms with Crippen LogP contribution in [0.1, 0.15) is 31.4 Å². The number of nitro groups is 1. The number of nitrogens with zero attached hydrogens (tertiary/aromatic N) is 3. The van der Waals surface area contributed by atoms with Gasteiger partial charge in [0.2, 0.25) is 0 Å². The van der Waals surface area contributed by atoms with Crippen molar-refractivity contribution in [2.24, 2.45) is 0 Å². The summed E-state index contributed by atoms with van der Waals surface area (Å²) in [6.07, 6.45) is 5.57. The van der Waals surface area contributed by atoms with Crippen LogP contribution in [0.15, 0.2) is 42.7 Å². The minimum atomic E-state index is -0.353. The SMILES string of the molecule is CCC(NCCCn1cccn1)c1cccc([N+](=O)[O-])c1. The minimum Gasteiger partial charge on any atom is -0.310 e. The molecule has 0 saturated carbocycles. The lowest BCUT2D eigenvalue weighted by Gasteiger charge is -2.17. The van der Waals surface area contributed by atoms with Crippen molar-refractivity contribution in [3.8, 4) is 0 Å². The first-order valence-electron chi connectivity index (χ1n) is 7.16. The molecule has 6 nitrogen and oxygen atoms in total. The maximum Gasteiger partial charge on any atom is 0.269 e. The van der Waals surface area contributed by atoms with Crippen molar-refractivity contribution in [2.45, 2.75) is 32.4 Å². The van der Waals surface area contributed by atoms with Gasteiger partial charge in [-0.15, -0.1) is 0 Å². The van der Waals surface area contributed by atoms with Crippen molar-refractivity contribution in [3.63, 3.8) is 0 Å². The fourth-order valence-electron chi connectivity index (χ4n) is 2.30. The highest BCUT2D eigenvalue weighted by molar-refractivity contribution is 5.35. The monoisotopic (exact) mass is 288 g/mol. The van der Waals surface area contributed by atoms with Crippen molar-refractivity contribution in [1.82, 2.24) is 15.1 Å². The van der Waals surface area contributed by atoms with Gasteiger partial charge in [-0.1, -0.05) is 19.1 Å². The summed E-state index contributed by atoms with van der Waals surface area (Å²) in [5.74, 6) is 0. The Labute approximate surface area is 123 Å². The van der Waals surface area contributed by atoms with Crippen LogP contribution in [0.2, 0.25) is 0 Å². The third-order valence-corrected chi connectivity index (χ3v) is 3.41. The summed E-state index contributed by atoms with van der Waals surface area (Å²) >= 11 is 0. The number of nitrogens with one attached hydrogen (secondary N) is 1. The van der Waals surface area contributed by atoms with E-state index in [2.05, 4.69) is 17.3 Å². The Bertz CT molecular complexity index is 569. The summed E-state index contributed by atoms with van der Waals surface area (Å²) < 4.78 is 1.90. The molecular formula is C15H20N4O2. The quantitative estimate of drug-likeness (QED) is 0.460. The van der Waals surface area contributed by atoms with Crippen molar-refractivity contribution in [1.29, 1.82) is 0 Å². The zero-order valence-electron chi connectivity index (χ0n) is 12.1. The molecule has 0 amide bonds. The fraction of sp³-hybridized carbons (Fsp3) is 0.400. The molecule has 0 saturated heterocycles. The van der Waals surface area contributed by atoms with Crippen LogP contribution in [-0.2, 0) is 6.54 Å². The molecule has 1 N–H and O–H groups in total. The normalized spacial score (nSPS) is 12.2. The molecule has 1 aromatic carbocycles.